The third-order valence-electron chi connectivity index (χ3n) is 4.46. The Labute approximate surface area is 162 Å². The molecule has 142 valence electrons. The molecule has 0 N–H and O–H groups in total. The van der Waals surface area contributed by atoms with Crippen LogP contribution in [0.3, 0.4) is 0 Å². The molecule has 6 heteroatoms. The van der Waals surface area contributed by atoms with E-state index in [1.807, 2.05) is 44.2 Å². The number of hydrogen-bond donors (Lipinski definition) is 0. The summed E-state index contributed by atoms with van der Waals surface area (Å²) in [5.74, 6) is 1.12. The quantitative estimate of drug-likeness (QED) is 0.651. The van der Waals surface area contributed by atoms with Gasteiger partial charge in [0, 0.05) is 24.2 Å². The Morgan fingerprint density at radius 2 is 1.81 bits per heavy atom. The fourth-order valence-corrected chi connectivity index (χ4v) is 4.10. The Bertz CT molecular complexity index is 1060. The van der Waals surface area contributed by atoms with Gasteiger partial charge in [0.25, 0.3) is 5.91 Å². The van der Waals surface area contributed by atoms with Crippen molar-refractivity contribution in [3.8, 4) is 11.5 Å². The Morgan fingerprint density at radius 3 is 2.48 bits per heavy atom. The van der Waals surface area contributed by atoms with Crippen molar-refractivity contribution in [2.24, 2.45) is 4.99 Å². The van der Waals surface area contributed by atoms with Crippen LogP contribution in [0.4, 0.5) is 0 Å². The molecule has 0 saturated carbocycles. The highest BCUT2D eigenvalue weighted by atomic mass is 32.1. The smallest absolute Gasteiger partial charge is 0.279 e. The molecule has 0 radical (unpaired) electrons. The SMILES string of the molecule is CCCn1c(=NC(=O)c2cc(C)ccc2C)sc2cc(OC)c(OC)cc21. The largest absolute Gasteiger partial charge is 0.493 e. The van der Waals surface area contributed by atoms with Crippen LogP contribution < -0.4 is 14.3 Å². The molecule has 1 aromatic heterocycles. The molecule has 0 aliphatic rings. The van der Waals surface area contributed by atoms with Gasteiger partial charge in [-0.05, 0) is 31.9 Å². The van der Waals surface area contributed by atoms with Crippen LogP contribution in [-0.4, -0.2) is 24.7 Å². The molecule has 0 unspecified atom stereocenters. The average molecular weight is 385 g/mol. The van der Waals surface area contributed by atoms with Gasteiger partial charge in [0.2, 0.25) is 0 Å². The van der Waals surface area contributed by atoms with Gasteiger partial charge in [-0.3, -0.25) is 4.79 Å². The average Bonchev–Trinajstić information content (AvgIpc) is 2.98. The van der Waals surface area contributed by atoms with Crippen molar-refractivity contribution >= 4 is 27.5 Å². The number of aryl methyl sites for hydroxylation is 3. The second-order valence-corrected chi connectivity index (χ2v) is 7.46. The number of thiazole rings is 1. The van der Waals surface area contributed by atoms with Crippen LogP contribution in [0.15, 0.2) is 35.3 Å². The lowest BCUT2D eigenvalue weighted by molar-refractivity contribution is 0.0997. The lowest BCUT2D eigenvalue weighted by atomic mass is 10.1. The lowest BCUT2D eigenvalue weighted by Crippen LogP contribution is -2.17. The van der Waals surface area contributed by atoms with Crippen LogP contribution in [0.25, 0.3) is 10.2 Å². The van der Waals surface area contributed by atoms with Crippen LogP contribution >= 0.6 is 11.3 Å². The summed E-state index contributed by atoms with van der Waals surface area (Å²) in [5, 5.41) is 0. The van der Waals surface area contributed by atoms with E-state index in [0.717, 1.165) is 34.3 Å². The zero-order chi connectivity index (χ0) is 19.6. The Kier molecular flexibility index (Phi) is 5.65. The Balaban J connectivity index is 2.20. The van der Waals surface area contributed by atoms with Gasteiger partial charge < -0.3 is 14.0 Å². The van der Waals surface area contributed by atoms with E-state index >= 15 is 0 Å². The first-order valence-corrected chi connectivity index (χ1v) is 9.71. The number of benzene rings is 2. The van der Waals surface area contributed by atoms with Crippen LogP contribution in [0, 0.1) is 13.8 Å². The molecule has 3 aromatic rings. The van der Waals surface area contributed by atoms with Gasteiger partial charge in [-0.15, -0.1) is 0 Å². The molecule has 1 heterocycles. The zero-order valence-electron chi connectivity index (χ0n) is 16.3. The maximum atomic E-state index is 12.8. The molecule has 2 aromatic carbocycles. The van der Waals surface area contributed by atoms with E-state index in [4.69, 9.17) is 9.47 Å². The van der Waals surface area contributed by atoms with Crippen LogP contribution in [0.5, 0.6) is 11.5 Å². The van der Waals surface area contributed by atoms with Gasteiger partial charge in [-0.25, -0.2) is 0 Å². The molecule has 27 heavy (non-hydrogen) atoms. The fourth-order valence-electron chi connectivity index (χ4n) is 3.03. The van der Waals surface area contributed by atoms with E-state index in [1.54, 1.807) is 14.2 Å². The molecule has 0 saturated heterocycles. The van der Waals surface area contributed by atoms with Gasteiger partial charge in [0.1, 0.15) is 0 Å². The molecule has 0 aliphatic carbocycles. The summed E-state index contributed by atoms with van der Waals surface area (Å²) >= 11 is 1.49. The summed E-state index contributed by atoms with van der Waals surface area (Å²) in [4.78, 5) is 18.0. The number of hydrogen-bond acceptors (Lipinski definition) is 4. The van der Waals surface area contributed by atoms with Gasteiger partial charge in [0.05, 0.1) is 24.4 Å². The summed E-state index contributed by atoms with van der Waals surface area (Å²) in [6, 6.07) is 9.74. The second-order valence-electron chi connectivity index (χ2n) is 6.45. The van der Waals surface area contributed by atoms with Gasteiger partial charge in [-0.1, -0.05) is 36.0 Å². The summed E-state index contributed by atoms with van der Waals surface area (Å²) < 4.78 is 13.9. The third-order valence-corrected chi connectivity index (χ3v) is 5.50. The fraction of sp³-hybridized carbons (Fsp3) is 0.333. The number of carbonyl (C=O) groups is 1. The molecule has 0 atom stereocenters. The van der Waals surface area contributed by atoms with E-state index in [1.165, 1.54) is 11.3 Å². The van der Waals surface area contributed by atoms with E-state index in [-0.39, 0.29) is 5.91 Å². The minimum Gasteiger partial charge on any atom is -0.493 e. The van der Waals surface area contributed by atoms with Crippen molar-refractivity contribution in [1.82, 2.24) is 4.57 Å². The molecule has 0 spiro atoms. The van der Waals surface area contributed by atoms with Crippen LogP contribution in [0.2, 0.25) is 0 Å². The molecular weight excluding hydrogens is 360 g/mol. The maximum Gasteiger partial charge on any atom is 0.279 e. The third kappa shape index (κ3) is 3.76. The maximum absolute atomic E-state index is 12.8. The number of amides is 1. The molecule has 0 aliphatic heterocycles. The first-order chi connectivity index (χ1) is 13.0. The lowest BCUT2D eigenvalue weighted by Gasteiger charge is -2.09. The second kappa shape index (κ2) is 7.96. The molecule has 0 bridgehead atoms. The van der Waals surface area contributed by atoms with Gasteiger partial charge >= 0.3 is 0 Å². The highest BCUT2D eigenvalue weighted by Gasteiger charge is 2.14. The predicted molar refractivity (Wildman–Crippen MR) is 109 cm³/mol. The number of methoxy groups -OCH3 is 2. The number of aromatic nitrogens is 1. The first-order valence-electron chi connectivity index (χ1n) is 8.90. The highest BCUT2D eigenvalue weighted by Crippen LogP contribution is 2.33. The van der Waals surface area contributed by atoms with E-state index in [9.17, 15) is 4.79 Å². The number of rotatable bonds is 5. The zero-order valence-corrected chi connectivity index (χ0v) is 17.1. The summed E-state index contributed by atoms with van der Waals surface area (Å²) in [5.41, 5.74) is 3.62. The predicted octanol–water partition coefficient (Wildman–Crippen LogP) is 4.49. The summed E-state index contributed by atoms with van der Waals surface area (Å²) in [6.45, 7) is 6.79. The minimum atomic E-state index is -0.216. The number of fused-ring (bicyclic) bond motifs is 1. The minimum absolute atomic E-state index is 0.216. The topological polar surface area (TPSA) is 52.8 Å². The van der Waals surface area contributed by atoms with Crippen molar-refractivity contribution in [2.75, 3.05) is 14.2 Å². The van der Waals surface area contributed by atoms with Crippen molar-refractivity contribution in [1.29, 1.82) is 0 Å². The summed E-state index contributed by atoms with van der Waals surface area (Å²) in [7, 11) is 3.24. The number of ether oxygens (including phenoxy) is 2. The molecular formula is C21H24N2O3S. The molecule has 5 nitrogen and oxygen atoms in total. The van der Waals surface area contributed by atoms with Crippen molar-refractivity contribution in [2.45, 2.75) is 33.7 Å². The normalized spacial score (nSPS) is 11.8. The molecule has 1 amide bonds. The van der Waals surface area contributed by atoms with E-state index in [2.05, 4.69) is 16.5 Å². The van der Waals surface area contributed by atoms with Crippen LogP contribution in [0.1, 0.15) is 34.8 Å². The Morgan fingerprint density at radius 1 is 1.11 bits per heavy atom. The van der Waals surface area contributed by atoms with Gasteiger partial charge in [-0.2, -0.15) is 4.99 Å². The standard InChI is InChI=1S/C21H24N2O3S/c1-6-9-23-16-11-17(25-4)18(26-5)12-19(16)27-21(23)22-20(24)15-10-13(2)7-8-14(15)3/h7-8,10-12H,6,9H2,1-5H3. The van der Waals surface area contributed by atoms with Crippen molar-refractivity contribution in [3.63, 3.8) is 0 Å². The van der Waals surface area contributed by atoms with Crippen LogP contribution in [-0.2, 0) is 6.54 Å². The highest BCUT2D eigenvalue weighted by molar-refractivity contribution is 7.16. The van der Waals surface area contributed by atoms with Crippen molar-refractivity contribution < 1.29 is 14.3 Å². The molecule has 3 rings (SSSR count). The number of nitrogens with zero attached hydrogens (tertiary/aromatic N) is 2. The Hall–Kier alpha value is -2.60. The monoisotopic (exact) mass is 384 g/mol. The number of carbonyl (C=O) groups excluding carboxylic acids is 1. The van der Waals surface area contributed by atoms with E-state index in [0.29, 0.717) is 21.9 Å². The van der Waals surface area contributed by atoms with E-state index < -0.39 is 0 Å². The van der Waals surface area contributed by atoms with Crippen molar-refractivity contribution in [3.05, 3.63) is 51.8 Å². The summed E-state index contributed by atoms with van der Waals surface area (Å²) in [6.07, 6.45) is 0.936. The molecule has 0 fully saturated rings. The van der Waals surface area contributed by atoms with Gasteiger partial charge in [0.15, 0.2) is 16.3 Å². The first kappa shape index (κ1) is 19.2.